The molecule has 8 heteroatoms. The van der Waals surface area contributed by atoms with Crippen molar-refractivity contribution in [2.24, 2.45) is 0 Å². The number of hydrogen-bond acceptors (Lipinski definition) is 4. The van der Waals surface area contributed by atoms with Crippen LogP contribution < -0.4 is 14.8 Å². The molecule has 2 aromatic rings. The molecule has 0 bridgehead atoms. The van der Waals surface area contributed by atoms with Crippen molar-refractivity contribution >= 4 is 36.4 Å². The van der Waals surface area contributed by atoms with Crippen molar-refractivity contribution in [2.75, 3.05) is 33.8 Å². The summed E-state index contributed by atoms with van der Waals surface area (Å²) in [5, 5.41) is 3.82. The normalized spacial score (nSPS) is 10.2. The van der Waals surface area contributed by atoms with Crippen LogP contribution in [0.25, 0.3) is 0 Å². The third-order valence-electron chi connectivity index (χ3n) is 3.76. The van der Waals surface area contributed by atoms with Crippen molar-refractivity contribution in [3.05, 3.63) is 58.4 Å². The van der Waals surface area contributed by atoms with Crippen LogP contribution in [-0.4, -0.2) is 38.7 Å². The molecule has 0 aliphatic rings. The molecule has 158 valence electrons. The Labute approximate surface area is 184 Å². The van der Waals surface area contributed by atoms with E-state index in [4.69, 9.17) is 21.1 Å². The molecule has 4 nitrogen and oxygen atoms in total. The lowest BCUT2D eigenvalue weighted by molar-refractivity contribution is 0.265. The average Bonchev–Trinajstić information content (AvgIpc) is 2.59. The fourth-order valence-corrected chi connectivity index (χ4v) is 2.72. The van der Waals surface area contributed by atoms with Gasteiger partial charge < -0.3 is 19.7 Å². The quantitative estimate of drug-likeness (QED) is 0.516. The molecule has 0 aliphatic heterocycles. The Balaban J connectivity index is 0.00000364. The number of likely N-dealkylation sites (N-methyl/N-ethyl adjacent to an activating group) is 1. The van der Waals surface area contributed by atoms with Crippen LogP contribution in [0, 0.1) is 5.82 Å². The minimum atomic E-state index is -0.303. The third kappa shape index (κ3) is 8.41. The zero-order valence-corrected chi connectivity index (χ0v) is 18.7. The SMILES string of the molecule is CCOc1cc(CNCCN(C)C)cc(Cl)c1OCc1ccccc1F.Cl.Cl. The molecule has 0 saturated heterocycles. The molecule has 2 aromatic carbocycles. The van der Waals surface area contributed by atoms with Gasteiger partial charge in [-0.15, -0.1) is 24.8 Å². The van der Waals surface area contributed by atoms with Crippen LogP contribution >= 0.6 is 36.4 Å². The highest BCUT2D eigenvalue weighted by atomic mass is 35.5. The summed E-state index contributed by atoms with van der Waals surface area (Å²) in [6.07, 6.45) is 0. The van der Waals surface area contributed by atoms with Crippen LogP contribution in [0.1, 0.15) is 18.1 Å². The smallest absolute Gasteiger partial charge is 0.180 e. The van der Waals surface area contributed by atoms with Gasteiger partial charge in [0.25, 0.3) is 0 Å². The Kier molecular flexibility index (Phi) is 13.2. The molecular weight excluding hydrogens is 426 g/mol. The number of rotatable bonds is 10. The van der Waals surface area contributed by atoms with Gasteiger partial charge in [-0.1, -0.05) is 29.8 Å². The fourth-order valence-electron chi connectivity index (χ4n) is 2.43. The molecule has 0 heterocycles. The van der Waals surface area contributed by atoms with E-state index in [0.717, 1.165) is 18.7 Å². The van der Waals surface area contributed by atoms with Gasteiger partial charge in [-0.3, -0.25) is 0 Å². The van der Waals surface area contributed by atoms with Crippen molar-refractivity contribution in [2.45, 2.75) is 20.1 Å². The molecule has 0 spiro atoms. The van der Waals surface area contributed by atoms with Gasteiger partial charge in [-0.05, 0) is 44.8 Å². The number of benzene rings is 2. The van der Waals surface area contributed by atoms with Gasteiger partial charge in [0, 0.05) is 25.2 Å². The zero-order valence-electron chi connectivity index (χ0n) is 16.3. The maximum absolute atomic E-state index is 13.8. The van der Waals surface area contributed by atoms with Crippen molar-refractivity contribution < 1.29 is 13.9 Å². The van der Waals surface area contributed by atoms with E-state index in [0.29, 0.717) is 35.2 Å². The molecule has 2 rings (SSSR count). The van der Waals surface area contributed by atoms with Gasteiger partial charge in [0.15, 0.2) is 11.5 Å². The highest BCUT2D eigenvalue weighted by Gasteiger charge is 2.14. The summed E-state index contributed by atoms with van der Waals surface area (Å²) >= 11 is 6.40. The van der Waals surface area contributed by atoms with Gasteiger partial charge in [0.05, 0.1) is 11.6 Å². The van der Waals surface area contributed by atoms with Crippen molar-refractivity contribution in [1.82, 2.24) is 10.2 Å². The van der Waals surface area contributed by atoms with Crippen molar-refractivity contribution in [3.8, 4) is 11.5 Å². The first-order chi connectivity index (χ1) is 12.5. The van der Waals surface area contributed by atoms with Crippen LogP contribution in [0.15, 0.2) is 36.4 Å². The first-order valence-electron chi connectivity index (χ1n) is 8.68. The Bertz CT molecular complexity index is 718. The first-order valence-corrected chi connectivity index (χ1v) is 9.06. The summed E-state index contributed by atoms with van der Waals surface area (Å²) in [4.78, 5) is 2.12. The maximum atomic E-state index is 13.8. The summed E-state index contributed by atoms with van der Waals surface area (Å²) in [7, 11) is 4.07. The minimum Gasteiger partial charge on any atom is -0.490 e. The minimum absolute atomic E-state index is 0. The Morgan fingerprint density at radius 3 is 2.46 bits per heavy atom. The second-order valence-electron chi connectivity index (χ2n) is 6.20. The van der Waals surface area contributed by atoms with Crippen LogP contribution in [-0.2, 0) is 13.2 Å². The van der Waals surface area contributed by atoms with E-state index in [1.807, 2.05) is 33.2 Å². The van der Waals surface area contributed by atoms with Gasteiger partial charge in [0.2, 0.25) is 0 Å². The molecule has 0 atom stereocenters. The second kappa shape index (κ2) is 13.9. The summed E-state index contributed by atoms with van der Waals surface area (Å²) in [6.45, 7) is 4.99. The van der Waals surface area contributed by atoms with Gasteiger partial charge in [0.1, 0.15) is 12.4 Å². The molecule has 0 amide bonds. The van der Waals surface area contributed by atoms with Crippen LogP contribution in [0.3, 0.4) is 0 Å². The fraction of sp³-hybridized carbons (Fsp3) is 0.400. The molecule has 1 N–H and O–H groups in total. The molecule has 0 radical (unpaired) electrons. The topological polar surface area (TPSA) is 33.7 Å². The van der Waals surface area contributed by atoms with Crippen LogP contribution in [0.5, 0.6) is 11.5 Å². The second-order valence-corrected chi connectivity index (χ2v) is 6.61. The molecule has 0 unspecified atom stereocenters. The molecule has 0 fully saturated rings. The van der Waals surface area contributed by atoms with Crippen LogP contribution in [0.4, 0.5) is 4.39 Å². The lowest BCUT2D eigenvalue weighted by Gasteiger charge is -2.16. The van der Waals surface area contributed by atoms with Gasteiger partial charge in [-0.2, -0.15) is 0 Å². The molecule has 0 aliphatic carbocycles. The first kappa shape index (κ1) is 26.8. The maximum Gasteiger partial charge on any atom is 0.180 e. The van der Waals surface area contributed by atoms with Crippen LogP contribution in [0.2, 0.25) is 5.02 Å². The Morgan fingerprint density at radius 1 is 1.11 bits per heavy atom. The monoisotopic (exact) mass is 452 g/mol. The van der Waals surface area contributed by atoms with Gasteiger partial charge >= 0.3 is 0 Å². The van der Waals surface area contributed by atoms with E-state index >= 15 is 0 Å². The number of nitrogens with one attached hydrogen (secondary N) is 1. The van der Waals surface area contributed by atoms with E-state index in [9.17, 15) is 4.39 Å². The van der Waals surface area contributed by atoms with Gasteiger partial charge in [-0.25, -0.2) is 4.39 Å². The number of halogens is 4. The van der Waals surface area contributed by atoms with E-state index in [1.54, 1.807) is 18.2 Å². The van der Waals surface area contributed by atoms with E-state index in [2.05, 4.69) is 10.2 Å². The predicted molar refractivity (Wildman–Crippen MR) is 118 cm³/mol. The third-order valence-corrected chi connectivity index (χ3v) is 4.04. The highest BCUT2D eigenvalue weighted by molar-refractivity contribution is 6.32. The lowest BCUT2D eigenvalue weighted by atomic mass is 10.2. The van der Waals surface area contributed by atoms with E-state index in [-0.39, 0.29) is 37.2 Å². The highest BCUT2D eigenvalue weighted by Crippen LogP contribution is 2.37. The van der Waals surface area contributed by atoms with E-state index in [1.165, 1.54) is 6.07 Å². The standard InChI is InChI=1S/C20H26ClFN2O2.2ClH/c1-4-25-19-12-15(13-23-9-10-24(2)3)11-17(21)20(19)26-14-16-7-5-6-8-18(16)22;;/h5-8,11-12,23H,4,9-10,13-14H2,1-3H3;2*1H. The van der Waals surface area contributed by atoms with Crippen molar-refractivity contribution in [3.63, 3.8) is 0 Å². The number of nitrogens with zero attached hydrogens (tertiary/aromatic N) is 1. The summed E-state index contributed by atoms with van der Waals surface area (Å²) < 4.78 is 25.2. The number of hydrogen-bond donors (Lipinski definition) is 1. The summed E-state index contributed by atoms with van der Waals surface area (Å²) in [5.74, 6) is 0.706. The number of ether oxygens (including phenoxy) is 2. The lowest BCUT2D eigenvalue weighted by Crippen LogP contribution is -2.26. The Morgan fingerprint density at radius 2 is 1.82 bits per heavy atom. The molecule has 0 aromatic heterocycles. The average molecular weight is 454 g/mol. The zero-order chi connectivity index (χ0) is 18.9. The molecular formula is C20H28Cl3FN2O2. The summed E-state index contributed by atoms with van der Waals surface area (Å²) in [6, 6.07) is 10.3. The van der Waals surface area contributed by atoms with Crippen molar-refractivity contribution in [1.29, 1.82) is 0 Å². The molecule has 28 heavy (non-hydrogen) atoms. The largest absolute Gasteiger partial charge is 0.490 e. The Hall–Kier alpha value is -1.24. The van der Waals surface area contributed by atoms with E-state index < -0.39 is 0 Å². The summed E-state index contributed by atoms with van der Waals surface area (Å²) in [5.41, 5.74) is 1.48. The predicted octanol–water partition coefficient (Wildman–Crippen LogP) is 4.95. The molecule has 0 saturated carbocycles.